The van der Waals surface area contributed by atoms with Crippen LogP contribution in [-0.2, 0) is 0 Å². The molecule has 0 aromatic rings. The summed E-state index contributed by atoms with van der Waals surface area (Å²) in [5.41, 5.74) is 0. The number of hydrogen-bond acceptors (Lipinski definition) is 1. The van der Waals surface area contributed by atoms with Crippen molar-refractivity contribution in [3.05, 3.63) is 0 Å². The molecule has 1 aliphatic heterocycles. The fourth-order valence-electron chi connectivity index (χ4n) is 5.16. The zero-order valence-electron chi connectivity index (χ0n) is 18.4. The number of hydrogen-bond donors (Lipinski definition) is 0. The quantitative estimate of drug-likeness (QED) is 0.292. The van der Waals surface area contributed by atoms with Gasteiger partial charge in [-0.15, -0.1) is 0 Å². The fourth-order valence-corrected chi connectivity index (χ4v) is 31.3. The van der Waals surface area contributed by atoms with Gasteiger partial charge >= 0.3 is 0 Å². The van der Waals surface area contributed by atoms with E-state index < -0.39 is 23.9 Å². The van der Waals surface area contributed by atoms with Gasteiger partial charge in [-0.2, -0.15) is 0 Å². The van der Waals surface area contributed by atoms with Crippen LogP contribution in [0.3, 0.4) is 0 Å². The van der Waals surface area contributed by atoms with E-state index in [9.17, 15) is 0 Å². The molecule has 3 rings (SSSR count). The maximum absolute atomic E-state index is 17.9. The van der Waals surface area contributed by atoms with Gasteiger partial charge in [0.2, 0.25) is 0 Å². The number of nitrogens with zero attached hydrogens (tertiary/aromatic N) is 1. The largest absolute Gasteiger partial charge is 0.249 e. The van der Waals surface area contributed by atoms with Gasteiger partial charge in [-0.25, -0.2) is 8.87 Å². The Hall–Kier alpha value is 1.09. The van der Waals surface area contributed by atoms with Crippen LogP contribution in [-0.4, -0.2) is 42.2 Å². The van der Waals surface area contributed by atoms with Crippen molar-refractivity contribution in [3.63, 3.8) is 0 Å². The van der Waals surface area contributed by atoms with Gasteiger partial charge in [-0.3, -0.25) is 0 Å². The van der Waals surface area contributed by atoms with Gasteiger partial charge in [0, 0.05) is 21.4 Å². The van der Waals surface area contributed by atoms with Crippen LogP contribution in [0, 0.1) is 0 Å². The van der Waals surface area contributed by atoms with Gasteiger partial charge in [0.05, 0.1) is 16.1 Å². The van der Waals surface area contributed by atoms with E-state index in [0.29, 0.717) is 12.1 Å². The van der Waals surface area contributed by atoms with Gasteiger partial charge < -0.3 is 0 Å². The van der Waals surface area contributed by atoms with Crippen molar-refractivity contribution < 1.29 is 4.20 Å². The van der Waals surface area contributed by atoms with E-state index >= 15 is 4.20 Å². The van der Waals surface area contributed by atoms with Crippen molar-refractivity contribution in [3.8, 4) is 0 Å². The highest BCUT2D eigenvalue weighted by Gasteiger charge is 2.56. The minimum Gasteiger partial charge on any atom is -0.249 e. The summed E-state index contributed by atoms with van der Waals surface area (Å²) in [5.74, 6) is 0. The first kappa shape index (κ1) is 22.8. The van der Waals surface area contributed by atoms with Crippen molar-refractivity contribution in [2.45, 2.75) is 116 Å². The van der Waals surface area contributed by atoms with Crippen molar-refractivity contribution in [1.29, 1.82) is 0 Å². The van der Waals surface area contributed by atoms with Gasteiger partial charge in [0.25, 0.3) is 0 Å². The average Bonchev–Trinajstić information content (AvgIpc) is 2.95. The highest BCUT2D eigenvalue weighted by Crippen LogP contribution is 2.78. The summed E-state index contributed by atoms with van der Waals surface area (Å²) < 4.78 is 23.3. The third kappa shape index (κ3) is 4.72. The Labute approximate surface area is 173 Å². The molecule has 7 heteroatoms. The fraction of sp³-hybridized carbons (Fsp3) is 0.900. The molecule has 0 atom stereocenters. The second-order valence-electron chi connectivity index (χ2n) is 10.9. The molecule has 0 aromatic carbocycles. The Balaban J connectivity index is 2.09. The lowest BCUT2D eigenvalue weighted by Crippen LogP contribution is -2.52. The molecule has 2 fully saturated rings. The second kappa shape index (κ2) is 8.68. The van der Waals surface area contributed by atoms with Crippen molar-refractivity contribution in [1.82, 2.24) is 4.67 Å². The summed E-state index contributed by atoms with van der Waals surface area (Å²) in [6, 6.07) is 1.03. The minimum absolute atomic E-state index is 0.515. The number of halogens is 1. The molecule has 0 spiro atoms. The van der Waals surface area contributed by atoms with Crippen molar-refractivity contribution >= 4 is 49.0 Å². The van der Waals surface area contributed by atoms with Crippen LogP contribution in [0.5, 0.6) is 0 Å². The van der Waals surface area contributed by atoms with Gasteiger partial charge in [0.15, 0.2) is 0 Å². The molecule has 2 saturated carbocycles. The van der Waals surface area contributed by atoms with Crippen LogP contribution in [0.4, 0.5) is 4.20 Å². The van der Waals surface area contributed by atoms with E-state index in [2.05, 4.69) is 44.0 Å². The Bertz CT molecular complexity index is 549. The predicted octanol–water partition coefficient (Wildman–Crippen LogP) is 8.61. The zero-order valence-corrected chi connectivity index (χ0v) is 23.1. The molecule has 3 aliphatic rings. The highest BCUT2D eigenvalue weighted by atomic mass is 32.0. The SMILES string of the molecule is C[Si](C)(C)C1=PP=C([Si](C)(C)C)[P]1(F)N(C1CCCCC1)C1CCCCC1. The lowest BCUT2D eigenvalue weighted by Gasteiger charge is -2.53. The molecule has 2 aliphatic carbocycles. The molecule has 0 amide bonds. The molecule has 1 nitrogen and oxygen atoms in total. The molecule has 1 heterocycles. The Morgan fingerprint density at radius 2 is 1.04 bits per heavy atom. The highest BCUT2D eigenvalue weighted by molar-refractivity contribution is 8.37. The smallest absolute Gasteiger partial charge is 0.147 e. The average molecular weight is 463 g/mol. The summed E-state index contributed by atoms with van der Waals surface area (Å²) in [6.45, 7) is 14.5. The molecular weight excluding hydrogens is 422 g/mol. The summed E-state index contributed by atoms with van der Waals surface area (Å²) in [6.07, 6.45) is 12.9. The molecule has 0 bridgehead atoms. The molecule has 0 aromatic heterocycles. The van der Waals surface area contributed by atoms with E-state index in [4.69, 9.17) is 0 Å². The first-order chi connectivity index (χ1) is 12.6. The summed E-state index contributed by atoms with van der Waals surface area (Å²) in [7, 11) is -3.35. The standard InChI is InChI=1S/C20H40FNP3Si2/c1-26(2,3)19-23-24-20(27(4,5)6)25(19,21)22(17-13-9-7-10-14-17)18-15-11-8-12-16-18/h17-18H,7-16H2,1-6H3. The first-order valence-corrected chi connectivity index (χ1v) is 22.2. The molecule has 1 radical (unpaired) electrons. The van der Waals surface area contributed by atoms with Crippen LogP contribution in [0.2, 0.25) is 39.3 Å². The molecule has 0 unspecified atom stereocenters. The third-order valence-corrected chi connectivity index (χ3v) is 28.2. The van der Waals surface area contributed by atoms with Gasteiger partial charge in [-0.05, 0) is 41.5 Å². The van der Waals surface area contributed by atoms with Crippen LogP contribution in [0.25, 0.3) is 0 Å². The maximum atomic E-state index is 17.9. The minimum atomic E-state index is -2.77. The lowest BCUT2D eigenvalue weighted by atomic mass is 9.91. The van der Waals surface area contributed by atoms with Crippen molar-refractivity contribution in [2.24, 2.45) is 0 Å². The Morgan fingerprint density at radius 1 is 0.704 bits per heavy atom. The van der Waals surface area contributed by atoms with Crippen LogP contribution in [0.15, 0.2) is 0 Å². The number of rotatable bonds is 5. The molecule has 0 N–H and O–H groups in total. The second-order valence-corrected chi connectivity index (χ2v) is 28.2. The van der Waals surface area contributed by atoms with Crippen molar-refractivity contribution in [2.75, 3.05) is 0 Å². The summed E-state index contributed by atoms with van der Waals surface area (Å²) >= 11 is 0. The zero-order chi connectivity index (χ0) is 19.9. The molecule has 27 heavy (non-hydrogen) atoms. The van der Waals surface area contributed by atoms with Gasteiger partial charge in [-0.1, -0.05) is 77.8 Å². The summed E-state index contributed by atoms with van der Waals surface area (Å²) in [5, 5.41) is 0. The maximum Gasteiger partial charge on any atom is 0.147 e. The molecule has 155 valence electrons. The third-order valence-electron chi connectivity index (χ3n) is 6.36. The van der Waals surface area contributed by atoms with E-state index in [1.807, 2.05) is 0 Å². The predicted molar refractivity (Wildman–Crippen MR) is 134 cm³/mol. The first-order valence-electron chi connectivity index (χ1n) is 11.1. The van der Waals surface area contributed by atoms with E-state index in [0.717, 1.165) is 0 Å². The summed E-state index contributed by atoms with van der Waals surface area (Å²) in [4.78, 5) is 0. The van der Waals surface area contributed by atoms with E-state index in [1.165, 1.54) is 89.3 Å². The Morgan fingerprint density at radius 3 is 1.33 bits per heavy atom. The topological polar surface area (TPSA) is 3.24 Å². The molecule has 0 saturated heterocycles. The monoisotopic (exact) mass is 462 g/mol. The van der Waals surface area contributed by atoms with E-state index in [-0.39, 0.29) is 0 Å². The Kier molecular flexibility index (Phi) is 7.32. The van der Waals surface area contributed by atoms with Crippen LogP contribution < -0.4 is 0 Å². The van der Waals surface area contributed by atoms with E-state index in [1.54, 1.807) is 0 Å². The lowest BCUT2D eigenvalue weighted by molar-refractivity contribution is 0.171. The van der Waals surface area contributed by atoms with Crippen LogP contribution in [0.1, 0.15) is 64.2 Å². The normalized spacial score (nSPS) is 30.4. The van der Waals surface area contributed by atoms with Crippen LogP contribution >= 0.6 is 23.5 Å². The molecular formula is C20H40FNP3Si2. The van der Waals surface area contributed by atoms with Gasteiger partial charge in [0.1, 0.15) is 7.72 Å².